The number of fused-ring (bicyclic) bond motifs is 3. The summed E-state index contributed by atoms with van der Waals surface area (Å²) >= 11 is 0. The molecule has 2 fully saturated rings. The van der Waals surface area contributed by atoms with Gasteiger partial charge in [-0.3, -0.25) is 4.79 Å². The van der Waals surface area contributed by atoms with Gasteiger partial charge in [-0.15, -0.1) is 0 Å². The molecule has 3 N–H and O–H groups in total. The van der Waals surface area contributed by atoms with Gasteiger partial charge in [0.2, 0.25) is 5.91 Å². The fourth-order valence-corrected chi connectivity index (χ4v) is 5.89. The highest BCUT2D eigenvalue weighted by Gasteiger charge is 2.49. The monoisotopic (exact) mass is 478 g/mol. The zero-order chi connectivity index (χ0) is 24.6. The number of rotatable bonds is 5. The molecule has 0 aromatic heterocycles. The van der Waals surface area contributed by atoms with E-state index in [9.17, 15) is 24.6 Å². The number of β-amino-alcohol motifs (C(OH)–C–C–N with tert-alkyl or cyclic N) is 1. The van der Waals surface area contributed by atoms with Crippen molar-refractivity contribution < 1.29 is 29.3 Å². The molecule has 1 aliphatic heterocycles. The molecule has 8 heteroatoms. The number of benzene rings is 2. The Balaban J connectivity index is 1.29. The summed E-state index contributed by atoms with van der Waals surface area (Å²) in [7, 11) is 0. The highest BCUT2D eigenvalue weighted by molar-refractivity contribution is 5.91. The summed E-state index contributed by atoms with van der Waals surface area (Å²) in [4.78, 5) is 39.4. The number of aliphatic hydroxyl groups is 1. The maximum Gasteiger partial charge on any atom is 0.408 e. The molecule has 2 aromatic rings. The summed E-state index contributed by atoms with van der Waals surface area (Å²) in [5.74, 6) is -1.76. The van der Waals surface area contributed by atoms with E-state index in [1.54, 1.807) is 0 Å². The normalized spacial score (nSPS) is 22.8. The van der Waals surface area contributed by atoms with Crippen molar-refractivity contribution in [2.45, 2.75) is 55.6 Å². The molecule has 5 rings (SSSR count). The smallest absolute Gasteiger partial charge is 0.408 e. The molecule has 2 aromatic carbocycles. The molecule has 184 valence electrons. The molecular weight excluding hydrogens is 448 g/mol. The van der Waals surface area contributed by atoms with Crippen LogP contribution in [0.25, 0.3) is 11.1 Å². The number of likely N-dealkylation sites (tertiary alicyclic amines) is 1. The van der Waals surface area contributed by atoms with Crippen molar-refractivity contribution in [3.05, 3.63) is 59.7 Å². The summed E-state index contributed by atoms with van der Waals surface area (Å²) in [6.45, 7) is 0.213. The summed E-state index contributed by atoms with van der Waals surface area (Å²) < 4.78 is 5.68. The molecule has 2 aliphatic carbocycles. The number of alkyl carbamates (subject to hydrolysis) is 1. The van der Waals surface area contributed by atoms with Gasteiger partial charge in [0.15, 0.2) is 5.60 Å². The van der Waals surface area contributed by atoms with Gasteiger partial charge in [0, 0.05) is 12.5 Å². The second-order valence-corrected chi connectivity index (χ2v) is 9.91. The highest BCUT2D eigenvalue weighted by atomic mass is 16.5. The predicted octanol–water partition coefficient (Wildman–Crippen LogP) is 3.28. The minimum atomic E-state index is -1.96. The summed E-state index contributed by atoms with van der Waals surface area (Å²) in [6.07, 6.45) is 2.27. The summed E-state index contributed by atoms with van der Waals surface area (Å²) in [5, 5.41) is 22.7. The van der Waals surface area contributed by atoms with E-state index in [2.05, 4.69) is 17.4 Å². The highest BCUT2D eigenvalue weighted by Crippen LogP contribution is 2.44. The Hall–Kier alpha value is -3.39. The topological polar surface area (TPSA) is 116 Å². The first-order valence-electron chi connectivity index (χ1n) is 12.2. The van der Waals surface area contributed by atoms with Crippen molar-refractivity contribution in [3.63, 3.8) is 0 Å². The van der Waals surface area contributed by atoms with Gasteiger partial charge in [0.1, 0.15) is 12.1 Å². The fourth-order valence-electron chi connectivity index (χ4n) is 5.89. The van der Waals surface area contributed by atoms with Crippen LogP contribution in [0.15, 0.2) is 48.5 Å². The van der Waals surface area contributed by atoms with Crippen LogP contribution >= 0.6 is 0 Å². The lowest BCUT2D eigenvalue weighted by Crippen LogP contribution is -2.63. The Morgan fingerprint density at radius 2 is 1.54 bits per heavy atom. The molecule has 3 aliphatic rings. The van der Waals surface area contributed by atoms with Crippen molar-refractivity contribution in [3.8, 4) is 11.1 Å². The van der Waals surface area contributed by atoms with E-state index in [0.717, 1.165) is 35.1 Å². The number of nitrogens with one attached hydrogen (secondary N) is 1. The number of amides is 2. The third-order valence-electron chi connectivity index (χ3n) is 7.71. The second-order valence-electron chi connectivity index (χ2n) is 9.91. The number of piperidine rings is 1. The number of carboxylic acids is 1. The van der Waals surface area contributed by atoms with Crippen molar-refractivity contribution in [2.24, 2.45) is 0 Å². The Morgan fingerprint density at radius 3 is 2.14 bits per heavy atom. The van der Waals surface area contributed by atoms with Crippen LogP contribution in [0.4, 0.5) is 4.79 Å². The van der Waals surface area contributed by atoms with E-state index in [1.807, 2.05) is 36.4 Å². The number of aliphatic carboxylic acids is 1. The molecule has 1 saturated carbocycles. The number of hydrogen-bond donors (Lipinski definition) is 3. The zero-order valence-electron chi connectivity index (χ0n) is 19.5. The maximum atomic E-state index is 13.5. The second kappa shape index (κ2) is 9.00. The summed E-state index contributed by atoms with van der Waals surface area (Å²) in [5.41, 5.74) is 1.38. The Kier molecular flexibility index (Phi) is 6.01. The number of carboxylic acid groups (broad SMARTS) is 1. The van der Waals surface area contributed by atoms with E-state index in [1.165, 1.54) is 4.90 Å². The molecule has 8 nitrogen and oxygen atoms in total. The third kappa shape index (κ3) is 4.16. The quantitative estimate of drug-likeness (QED) is 0.607. The van der Waals surface area contributed by atoms with Gasteiger partial charge in [-0.25, -0.2) is 9.59 Å². The van der Waals surface area contributed by atoms with Crippen LogP contribution in [0.1, 0.15) is 55.6 Å². The van der Waals surface area contributed by atoms with Gasteiger partial charge in [-0.1, -0.05) is 61.4 Å². The van der Waals surface area contributed by atoms with Crippen molar-refractivity contribution >= 4 is 18.0 Å². The molecule has 1 unspecified atom stereocenters. The minimum Gasteiger partial charge on any atom is -0.479 e. The van der Waals surface area contributed by atoms with Crippen LogP contribution in [0.5, 0.6) is 0 Å². The molecule has 1 heterocycles. The first-order valence-corrected chi connectivity index (χ1v) is 12.2. The molecular formula is C27H30N2O6. The first-order chi connectivity index (χ1) is 16.8. The standard InChI is InChI=1S/C27H30N2O6/c30-23(29-15-7-14-27(34,17-29)24(31)32)26(12-5-6-13-26)28-25(33)35-16-22-20-10-3-1-8-18(20)19-9-2-4-11-21(19)22/h1-4,8-11,22,34H,5-7,12-17H2,(H,28,33)(H,31,32). The number of ether oxygens (including phenoxy) is 1. The number of carbonyl (C=O) groups excluding carboxylic acids is 2. The average molecular weight is 479 g/mol. The van der Waals surface area contributed by atoms with Crippen LogP contribution in [-0.2, 0) is 14.3 Å². The van der Waals surface area contributed by atoms with E-state index < -0.39 is 23.2 Å². The maximum absolute atomic E-state index is 13.5. The number of nitrogens with zero attached hydrogens (tertiary/aromatic N) is 1. The van der Waals surface area contributed by atoms with Crippen molar-refractivity contribution in [2.75, 3.05) is 19.7 Å². The lowest BCUT2D eigenvalue weighted by Gasteiger charge is -2.41. The fraction of sp³-hybridized carbons (Fsp3) is 0.444. The van der Waals surface area contributed by atoms with E-state index in [4.69, 9.17) is 4.74 Å². The van der Waals surface area contributed by atoms with Crippen LogP contribution in [0, 0.1) is 0 Å². The van der Waals surface area contributed by atoms with Gasteiger partial charge in [-0.2, -0.15) is 0 Å². The number of hydrogen-bond acceptors (Lipinski definition) is 5. The molecule has 0 spiro atoms. The lowest BCUT2D eigenvalue weighted by atomic mass is 9.89. The van der Waals surface area contributed by atoms with Gasteiger partial charge < -0.3 is 25.2 Å². The van der Waals surface area contributed by atoms with Gasteiger partial charge >= 0.3 is 12.1 Å². The molecule has 2 amide bonds. The Labute approximate surface area is 203 Å². The average Bonchev–Trinajstić information content (AvgIpc) is 3.46. The molecule has 1 atom stereocenters. The van der Waals surface area contributed by atoms with Crippen LogP contribution in [-0.4, -0.2) is 63.9 Å². The molecule has 0 bridgehead atoms. The van der Waals surface area contributed by atoms with Crippen LogP contribution in [0.3, 0.4) is 0 Å². The number of carbonyl (C=O) groups is 3. The van der Waals surface area contributed by atoms with Crippen LogP contribution < -0.4 is 5.32 Å². The van der Waals surface area contributed by atoms with Gasteiger partial charge in [0.25, 0.3) is 0 Å². The molecule has 1 saturated heterocycles. The molecule has 35 heavy (non-hydrogen) atoms. The van der Waals surface area contributed by atoms with E-state index >= 15 is 0 Å². The van der Waals surface area contributed by atoms with E-state index in [0.29, 0.717) is 25.8 Å². The molecule has 0 radical (unpaired) electrons. The predicted molar refractivity (Wildman–Crippen MR) is 128 cm³/mol. The van der Waals surface area contributed by atoms with Gasteiger partial charge in [0.05, 0.1) is 6.54 Å². The van der Waals surface area contributed by atoms with Crippen LogP contribution in [0.2, 0.25) is 0 Å². The van der Waals surface area contributed by atoms with E-state index in [-0.39, 0.29) is 31.4 Å². The summed E-state index contributed by atoms with van der Waals surface area (Å²) in [6, 6.07) is 16.2. The van der Waals surface area contributed by atoms with Crippen molar-refractivity contribution in [1.82, 2.24) is 10.2 Å². The lowest BCUT2D eigenvalue weighted by molar-refractivity contribution is -0.167. The third-order valence-corrected chi connectivity index (χ3v) is 7.71. The zero-order valence-corrected chi connectivity index (χ0v) is 19.5. The van der Waals surface area contributed by atoms with Crippen molar-refractivity contribution in [1.29, 1.82) is 0 Å². The SMILES string of the molecule is O=C(NC1(C(=O)N2CCCC(O)(C(=O)O)C2)CCCC1)OCC1c2ccccc2-c2ccccc21. The first kappa shape index (κ1) is 23.4. The minimum absolute atomic E-state index is 0.0870. The largest absolute Gasteiger partial charge is 0.479 e. The Bertz CT molecular complexity index is 1110. The Morgan fingerprint density at radius 1 is 0.943 bits per heavy atom. The van der Waals surface area contributed by atoms with Gasteiger partial charge in [-0.05, 0) is 47.9 Å².